The second-order valence-electron chi connectivity index (χ2n) is 2.42. The van der Waals surface area contributed by atoms with Crippen molar-refractivity contribution >= 4 is 33.2 Å². The Balaban J connectivity index is 2.50. The normalized spacial score (nSPS) is 9.62. The molecule has 0 unspecified atom stereocenters. The van der Waals surface area contributed by atoms with Gasteiger partial charge >= 0.3 is 0 Å². The maximum atomic E-state index is 5.45. The molecule has 0 bridgehead atoms. The lowest BCUT2D eigenvalue weighted by atomic mass is 10.3. The van der Waals surface area contributed by atoms with E-state index in [1.807, 2.05) is 24.3 Å². The van der Waals surface area contributed by atoms with E-state index in [1.165, 1.54) is 4.70 Å². The number of hydrogen-bond acceptors (Lipinski definition) is 2. The van der Waals surface area contributed by atoms with Gasteiger partial charge < -0.3 is 0 Å². The minimum atomic E-state index is 0.357. The van der Waals surface area contributed by atoms with Crippen LogP contribution >= 0.6 is 22.9 Å². The van der Waals surface area contributed by atoms with Crippen molar-refractivity contribution in [2.45, 2.75) is 0 Å². The molecule has 0 atom stereocenters. The van der Waals surface area contributed by atoms with Crippen molar-refractivity contribution < 1.29 is 0 Å². The van der Waals surface area contributed by atoms with Crippen molar-refractivity contribution in [1.82, 2.24) is 4.98 Å². The van der Waals surface area contributed by atoms with Crippen LogP contribution in [0.5, 0.6) is 0 Å². The Morgan fingerprint density at radius 3 is 3.00 bits per heavy atom. The van der Waals surface area contributed by atoms with E-state index in [1.54, 1.807) is 11.3 Å². The van der Waals surface area contributed by atoms with Gasteiger partial charge in [0, 0.05) is 0 Å². The van der Waals surface area contributed by atoms with Gasteiger partial charge in [-0.25, -0.2) is 4.98 Å². The first-order chi connectivity index (χ1) is 6.40. The SMILES string of the molecule is ClCC#Cc1nc2ccccc2s1. The monoisotopic (exact) mass is 207 g/mol. The molecule has 0 saturated heterocycles. The van der Waals surface area contributed by atoms with Crippen LogP contribution in [0.2, 0.25) is 0 Å². The molecule has 2 rings (SSSR count). The molecule has 1 aromatic heterocycles. The molecule has 2 aromatic rings. The molecule has 0 fully saturated rings. The Morgan fingerprint density at radius 1 is 1.38 bits per heavy atom. The number of aromatic nitrogens is 1. The lowest BCUT2D eigenvalue weighted by molar-refractivity contribution is 1.45. The largest absolute Gasteiger partial charge is 0.228 e. The second kappa shape index (κ2) is 3.78. The van der Waals surface area contributed by atoms with E-state index in [-0.39, 0.29) is 0 Å². The number of benzene rings is 1. The van der Waals surface area contributed by atoms with Gasteiger partial charge in [0.2, 0.25) is 0 Å². The van der Waals surface area contributed by atoms with Crippen LogP contribution < -0.4 is 0 Å². The van der Waals surface area contributed by atoms with Crippen molar-refractivity contribution in [3.8, 4) is 11.8 Å². The molecule has 0 saturated carbocycles. The number of para-hydroxylation sites is 1. The number of halogens is 1. The number of nitrogens with zero attached hydrogens (tertiary/aromatic N) is 1. The van der Waals surface area contributed by atoms with Gasteiger partial charge in [-0.05, 0) is 18.1 Å². The van der Waals surface area contributed by atoms with Crippen molar-refractivity contribution in [2.24, 2.45) is 0 Å². The van der Waals surface area contributed by atoms with Crippen LogP contribution in [-0.2, 0) is 0 Å². The highest BCUT2D eigenvalue weighted by molar-refractivity contribution is 7.19. The van der Waals surface area contributed by atoms with E-state index in [4.69, 9.17) is 11.6 Å². The summed E-state index contributed by atoms with van der Waals surface area (Å²) in [6.45, 7) is 0. The zero-order valence-electron chi connectivity index (χ0n) is 6.75. The maximum absolute atomic E-state index is 5.45. The molecule has 0 radical (unpaired) electrons. The number of hydrogen-bond donors (Lipinski definition) is 0. The Bertz CT molecular complexity index is 445. The molecule has 1 nitrogen and oxygen atoms in total. The summed E-state index contributed by atoms with van der Waals surface area (Å²) in [6, 6.07) is 8.00. The predicted molar refractivity (Wildman–Crippen MR) is 57.2 cm³/mol. The van der Waals surface area contributed by atoms with Gasteiger partial charge in [-0.15, -0.1) is 22.9 Å². The molecule has 64 valence electrons. The standard InChI is InChI=1S/C10H6ClNS/c11-7-3-6-10-12-8-4-1-2-5-9(8)13-10/h1-2,4-5H,7H2. The fourth-order valence-electron chi connectivity index (χ4n) is 1.03. The van der Waals surface area contributed by atoms with E-state index in [0.717, 1.165) is 10.5 Å². The second-order valence-corrected chi connectivity index (χ2v) is 3.72. The summed E-state index contributed by atoms with van der Waals surface area (Å²) in [5.74, 6) is 6.06. The number of alkyl halides is 1. The number of fused-ring (bicyclic) bond motifs is 1. The topological polar surface area (TPSA) is 12.9 Å². The van der Waals surface area contributed by atoms with Gasteiger partial charge in [-0.3, -0.25) is 0 Å². The lowest BCUT2D eigenvalue weighted by Gasteiger charge is -1.80. The average Bonchev–Trinajstić information content (AvgIpc) is 2.57. The van der Waals surface area contributed by atoms with Crippen molar-refractivity contribution in [3.05, 3.63) is 29.3 Å². The zero-order valence-corrected chi connectivity index (χ0v) is 8.32. The third-order valence-electron chi connectivity index (χ3n) is 1.56. The van der Waals surface area contributed by atoms with Crippen LogP contribution in [0.15, 0.2) is 24.3 Å². The molecule has 3 heteroatoms. The summed E-state index contributed by atoms with van der Waals surface area (Å²) in [5, 5.41) is 0.835. The average molecular weight is 208 g/mol. The smallest absolute Gasteiger partial charge is 0.168 e. The Kier molecular flexibility index (Phi) is 2.49. The maximum Gasteiger partial charge on any atom is 0.168 e. The highest BCUT2D eigenvalue weighted by atomic mass is 35.5. The number of rotatable bonds is 0. The molecular weight excluding hydrogens is 202 g/mol. The molecule has 13 heavy (non-hydrogen) atoms. The summed E-state index contributed by atoms with van der Waals surface area (Å²) < 4.78 is 1.17. The predicted octanol–water partition coefficient (Wildman–Crippen LogP) is 2.89. The molecule has 0 spiro atoms. The van der Waals surface area contributed by atoms with E-state index < -0.39 is 0 Å². The van der Waals surface area contributed by atoms with Crippen LogP contribution in [0.1, 0.15) is 5.01 Å². The Labute approximate surface area is 85.4 Å². The molecule has 0 aliphatic rings. The molecule has 0 N–H and O–H groups in total. The van der Waals surface area contributed by atoms with Crippen LogP contribution in [0.25, 0.3) is 10.2 Å². The van der Waals surface area contributed by atoms with Gasteiger partial charge in [0.1, 0.15) is 0 Å². The highest BCUT2D eigenvalue weighted by Crippen LogP contribution is 2.20. The molecule has 0 aliphatic carbocycles. The third kappa shape index (κ3) is 1.82. The summed E-state index contributed by atoms with van der Waals surface area (Å²) in [5.41, 5.74) is 1.01. The quantitative estimate of drug-likeness (QED) is 0.478. The van der Waals surface area contributed by atoms with Crippen molar-refractivity contribution in [2.75, 3.05) is 5.88 Å². The first kappa shape index (κ1) is 8.55. The van der Waals surface area contributed by atoms with Crippen molar-refractivity contribution in [3.63, 3.8) is 0 Å². The van der Waals surface area contributed by atoms with Crippen LogP contribution in [0, 0.1) is 11.8 Å². The fourth-order valence-corrected chi connectivity index (χ4v) is 1.94. The Hall–Kier alpha value is -1.04. The molecular formula is C10H6ClNS. The summed E-state index contributed by atoms with van der Waals surface area (Å²) in [7, 11) is 0. The minimum Gasteiger partial charge on any atom is -0.228 e. The van der Waals surface area contributed by atoms with Gasteiger partial charge in [-0.2, -0.15) is 0 Å². The Morgan fingerprint density at radius 2 is 2.23 bits per heavy atom. The summed E-state index contributed by atoms with van der Waals surface area (Å²) >= 11 is 7.05. The lowest BCUT2D eigenvalue weighted by Crippen LogP contribution is -1.70. The van der Waals surface area contributed by atoms with Crippen molar-refractivity contribution in [1.29, 1.82) is 0 Å². The van der Waals surface area contributed by atoms with E-state index >= 15 is 0 Å². The third-order valence-corrected chi connectivity index (χ3v) is 2.64. The summed E-state index contributed by atoms with van der Waals surface area (Å²) in [4.78, 5) is 4.34. The first-order valence-corrected chi connectivity index (χ1v) is 5.15. The van der Waals surface area contributed by atoms with Gasteiger partial charge in [-0.1, -0.05) is 18.1 Å². The van der Waals surface area contributed by atoms with Crippen LogP contribution in [-0.4, -0.2) is 10.9 Å². The highest BCUT2D eigenvalue weighted by Gasteiger charge is 1.98. The fraction of sp³-hybridized carbons (Fsp3) is 0.100. The van der Waals surface area contributed by atoms with E-state index in [2.05, 4.69) is 16.8 Å². The molecule has 1 aromatic carbocycles. The van der Waals surface area contributed by atoms with Gasteiger partial charge in [0.25, 0.3) is 0 Å². The zero-order chi connectivity index (χ0) is 9.10. The van der Waals surface area contributed by atoms with Gasteiger partial charge in [0.05, 0.1) is 16.1 Å². The molecule has 1 heterocycles. The van der Waals surface area contributed by atoms with E-state index in [9.17, 15) is 0 Å². The van der Waals surface area contributed by atoms with E-state index in [0.29, 0.717) is 5.88 Å². The minimum absolute atomic E-state index is 0.357. The molecule has 0 aliphatic heterocycles. The number of thiazole rings is 1. The van der Waals surface area contributed by atoms with Crippen LogP contribution in [0.4, 0.5) is 0 Å². The van der Waals surface area contributed by atoms with Gasteiger partial charge in [0.15, 0.2) is 5.01 Å². The van der Waals surface area contributed by atoms with Crippen LogP contribution in [0.3, 0.4) is 0 Å². The summed E-state index contributed by atoms with van der Waals surface area (Å²) in [6.07, 6.45) is 0. The first-order valence-electron chi connectivity index (χ1n) is 3.80. The molecule has 0 amide bonds.